The van der Waals surface area contributed by atoms with Gasteiger partial charge in [-0.1, -0.05) is 36.2 Å². The Hall–Kier alpha value is -0.0500. The first kappa shape index (κ1) is 12.0. The molecule has 0 N–H and O–H groups in total. The minimum Gasteiger partial charge on any atom is -0.342 e. The van der Waals surface area contributed by atoms with Gasteiger partial charge in [-0.05, 0) is 18.3 Å². The number of hydrogen-bond donors (Lipinski definition) is 0. The maximum absolute atomic E-state index is 11.6. The van der Waals surface area contributed by atoms with E-state index in [1.54, 1.807) is 0 Å². The monoisotopic (exact) mass is 261 g/mol. The second-order valence-corrected chi connectivity index (χ2v) is 5.06. The third-order valence-electron chi connectivity index (χ3n) is 2.79. The van der Waals surface area contributed by atoms with Crippen molar-refractivity contribution in [2.45, 2.75) is 33.1 Å². The molecule has 0 saturated carbocycles. The summed E-state index contributed by atoms with van der Waals surface area (Å²) in [4.78, 5) is 13.7. The van der Waals surface area contributed by atoms with Gasteiger partial charge in [0.25, 0.3) is 0 Å². The first-order valence-corrected chi connectivity index (χ1v) is 6.63. The van der Waals surface area contributed by atoms with E-state index in [0.29, 0.717) is 17.7 Å². The zero-order chi connectivity index (χ0) is 10.6. The normalized spacial score (nSPS) is 24.4. The van der Waals surface area contributed by atoms with Crippen molar-refractivity contribution < 1.29 is 4.79 Å². The van der Waals surface area contributed by atoms with Crippen molar-refractivity contribution in [2.24, 2.45) is 11.8 Å². The predicted molar refractivity (Wildman–Crippen MR) is 62.6 cm³/mol. The van der Waals surface area contributed by atoms with Gasteiger partial charge in [0.15, 0.2) is 0 Å². The molecule has 1 aliphatic rings. The van der Waals surface area contributed by atoms with Gasteiger partial charge in [-0.15, -0.1) is 0 Å². The van der Waals surface area contributed by atoms with Crippen LogP contribution in [0.4, 0.5) is 0 Å². The molecule has 0 aliphatic carbocycles. The molecule has 0 aromatic rings. The largest absolute Gasteiger partial charge is 0.342 e. The van der Waals surface area contributed by atoms with Crippen molar-refractivity contribution in [1.82, 2.24) is 4.90 Å². The van der Waals surface area contributed by atoms with Crippen LogP contribution in [0.1, 0.15) is 33.1 Å². The molecule has 1 amide bonds. The Labute approximate surface area is 95.2 Å². The second kappa shape index (κ2) is 5.74. The summed E-state index contributed by atoms with van der Waals surface area (Å²) in [5, 5.41) is 0.981. The summed E-state index contributed by atoms with van der Waals surface area (Å²) in [6, 6.07) is 0. The Balaban J connectivity index is 2.36. The Morgan fingerprint density at radius 2 is 2.36 bits per heavy atom. The van der Waals surface area contributed by atoms with Crippen LogP contribution >= 0.6 is 15.9 Å². The average Bonchev–Trinajstić information content (AvgIpc) is 2.47. The molecule has 0 spiro atoms. The molecule has 0 radical (unpaired) electrons. The van der Waals surface area contributed by atoms with Crippen molar-refractivity contribution in [3.05, 3.63) is 0 Å². The van der Waals surface area contributed by atoms with E-state index in [2.05, 4.69) is 29.8 Å². The topological polar surface area (TPSA) is 20.3 Å². The van der Waals surface area contributed by atoms with Crippen LogP contribution in [0.25, 0.3) is 0 Å². The number of likely N-dealkylation sites (tertiary alicyclic amines) is 1. The molecule has 2 unspecified atom stereocenters. The van der Waals surface area contributed by atoms with E-state index in [1.165, 1.54) is 12.8 Å². The van der Waals surface area contributed by atoms with Crippen LogP contribution in [-0.4, -0.2) is 29.2 Å². The van der Waals surface area contributed by atoms with Crippen LogP contribution in [0, 0.1) is 11.8 Å². The number of alkyl halides is 1. The lowest BCUT2D eigenvalue weighted by molar-refractivity contribution is -0.128. The smallest absolute Gasteiger partial charge is 0.222 e. The Morgan fingerprint density at radius 1 is 1.64 bits per heavy atom. The van der Waals surface area contributed by atoms with E-state index in [4.69, 9.17) is 0 Å². The maximum atomic E-state index is 11.6. The van der Waals surface area contributed by atoms with Crippen LogP contribution in [0.2, 0.25) is 0 Å². The van der Waals surface area contributed by atoms with Gasteiger partial charge < -0.3 is 4.90 Å². The van der Waals surface area contributed by atoms with Gasteiger partial charge in [-0.25, -0.2) is 0 Å². The molecule has 1 fully saturated rings. The second-order valence-electron chi connectivity index (χ2n) is 4.42. The van der Waals surface area contributed by atoms with E-state index in [9.17, 15) is 4.79 Å². The lowest BCUT2D eigenvalue weighted by Gasteiger charge is -2.19. The molecule has 2 nitrogen and oxygen atoms in total. The fourth-order valence-corrected chi connectivity index (χ4v) is 2.26. The number of nitrogens with zero attached hydrogens (tertiary/aromatic N) is 1. The minimum absolute atomic E-state index is 0.358. The van der Waals surface area contributed by atoms with Crippen molar-refractivity contribution in [3.63, 3.8) is 0 Å². The SMILES string of the molecule is CCCC1CC(=O)N(CC(C)CBr)C1. The molecule has 14 heavy (non-hydrogen) atoms. The summed E-state index contributed by atoms with van der Waals surface area (Å²) < 4.78 is 0. The molecular weight excluding hydrogens is 242 g/mol. The lowest BCUT2D eigenvalue weighted by Crippen LogP contribution is -2.30. The average molecular weight is 262 g/mol. The van der Waals surface area contributed by atoms with Crippen molar-refractivity contribution in [1.29, 1.82) is 0 Å². The maximum Gasteiger partial charge on any atom is 0.222 e. The van der Waals surface area contributed by atoms with Crippen molar-refractivity contribution in [3.8, 4) is 0 Å². The minimum atomic E-state index is 0.358. The van der Waals surface area contributed by atoms with Crippen LogP contribution in [0.3, 0.4) is 0 Å². The summed E-state index contributed by atoms with van der Waals surface area (Å²) in [6.07, 6.45) is 3.17. The molecule has 1 saturated heterocycles. The summed E-state index contributed by atoms with van der Waals surface area (Å²) in [6.45, 7) is 6.28. The van der Waals surface area contributed by atoms with E-state index in [1.807, 2.05) is 4.90 Å². The number of amides is 1. The summed E-state index contributed by atoms with van der Waals surface area (Å²) >= 11 is 3.45. The van der Waals surface area contributed by atoms with Gasteiger partial charge in [0, 0.05) is 24.8 Å². The number of halogens is 1. The fourth-order valence-electron chi connectivity index (χ4n) is 2.06. The van der Waals surface area contributed by atoms with Crippen LogP contribution in [0.15, 0.2) is 0 Å². The van der Waals surface area contributed by atoms with Crippen LogP contribution in [0.5, 0.6) is 0 Å². The Morgan fingerprint density at radius 3 is 2.93 bits per heavy atom. The van der Waals surface area contributed by atoms with Crippen molar-refractivity contribution in [2.75, 3.05) is 18.4 Å². The third kappa shape index (κ3) is 3.26. The van der Waals surface area contributed by atoms with Gasteiger partial charge in [-0.2, -0.15) is 0 Å². The standard InChI is InChI=1S/C11H20BrNO/c1-3-4-10-5-11(14)13(8-10)7-9(2)6-12/h9-10H,3-8H2,1-2H3. The Bertz CT molecular complexity index is 196. The third-order valence-corrected chi connectivity index (χ3v) is 3.89. The molecule has 0 aromatic heterocycles. The summed E-state index contributed by atoms with van der Waals surface area (Å²) in [5.74, 6) is 1.55. The fraction of sp³-hybridized carbons (Fsp3) is 0.909. The van der Waals surface area contributed by atoms with Gasteiger partial charge in [0.1, 0.15) is 0 Å². The van der Waals surface area contributed by atoms with E-state index in [0.717, 1.165) is 24.8 Å². The molecule has 1 heterocycles. The molecular formula is C11H20BrNO. The number of hydrogen-bond acceptors (Lipinski definition) is 1. The lowest BCUT2D eigenvalue weighted by atomic mass is 10.0. The Kier molecular flexibility index (Phi) is 4.93. The molecule has 3 heteroatoms. The highest BCUT2D eigenvalue weighted by Crippen LogP contribution is 2.23. The zero-order valence-corrected chi connectivity index (χ0v) is 10.7. The first-order chi connectivity index (χ1) is 6.67. The first-order valence-electron chi connectivity index (χ1n) is 5.51. The van der Waals surface area contributed by atoms with Gasteiger partial charge in [0.05, 0.1) is 0 Å². The molecule has 0 aromatic carbocycles. The molecule has 1 aliphatic heterocycles. The number of carbonyl (C=O) groups is 1. The summed E-state index contributed by atoms with van der Waals surface area (Å²) in [7, 11) is 0. The summed E-state index contributed by atoms with van der Waals surface area (Å²) in [5.41, 5.74) is 0. The highest BCUT2D eigenvalue weighted by atomic mass is 79.9. The predicted octanol–water partition coefficient (Wildman–Crippen LogP) is 2.67. The molecule has 1 rings (SSSR count). The number of carbonyl (C=O) groups excluding carboxylic acids is 1. The van der Waals surface area contributed by atoms with E-state index < -0.39 is 0 Å². The molecule has 2 atom stereocenters. The van der Waals surface area contributed by atoms with Gasteiger partial charge >= 0.3 is 0 Å². The highest BCUT2D eigenvalue weighted by molar-refractivity contribution is 9.09. The van der Waals surface area contributed by atoms with E-state index >= 15 is 0 Å². The van der Waals surface area contributed by atoms with Crippen LogP contribution in [-0.2, 0) is 4.79 Å². The van der Waals surface area contributed by atoms with Gasteiger partial charge in [0.2, 0.25) is 5.91 Å². The number of rotatable bonds is 5. The molecule has 0 bridgehead atoms. The quantitative estimate of drug-likeness (QED) is 0.697. The molecule has 82 valence electrons. The van der Waals surface area contributed by atoms with E-state index in [-0.39, 0.29) is 0 Å². The van der Waals surface area contributed by atoms with Crippen molar-refractivity contribution >= 4 is 21.8 Å². The highest BCUT2D eigenvalue weighted by Gasteiger charge is 2.29. The zero-order valence-electron chi connectivity index (χ0n) is 9.13. The van der Waals surface area contributed by atoms with Gasteiger partial charge in [-0.3, -0.25) is 4.79 Å². The van der Waals surface area contributed by atoms with Crippen LogP contribution < -0.4 is 0 Å².